The summed E-state index contributed by atoms with van der Waals surface area (Å²) in [6.07, 6.45) is 2.90. The van der Waals surface area contributed by atoms with Gasteiger partial charge in [0.05, 0.1) is 7.11 Å². The third kappa shape index (κ3) is 4.17. The van der Waals surface area contributed by atoms with Gasteiger partial charge in [0, 0.05) is 11.1 Å². The maximum absolute atomic E-state index is 13.6. The van der Waals surface area contributed by atoms with E-state index in [0.29, 0.717) is 11.3 Å². The van der Waals surface area contributed by atoms with Crippen LogP contribution in [0.2, 0.25) is 0 Å². The summed E-state index contributed by atoms with van der Waals surface area (Å²) >= 11 is 0. The van der Waals surface area contributed by atoms with Gasteiger partial charge in [0.25, 0.3) is 0 Å². The van der Waals surface area contributed by atoms with Crippen LogP contribution in [0.25, 0.3) is 6.08 Å². The number of ketones is 1. The van der Waals surface area contributed by atoms with E-state index in [1.54, 1.807) is 30.3 Å². The number of ether oxygens (including phenoxy) is 2. The van der Waals surface area contributed by atoms with Gasteiger partial charge in [-0.1, -0.05) is 18.2 Å². The Morgan fingerprint density at radius 2 is 2.04 bits per heavy atom. The van der Waals surface area contributed by atoms with E-state index in [4.69, 9.17) is 14.7 Å². The molecule has 116 valence electrons. The van der Waals surface area contributed by atoms with Crippen molar-refractivity contribution in [2.45, 2.75) is 0 Å². The highest BCUT2D eigenvalue weighted by Crippen LogP contribution is 2.21. The average molecular weight is 311 g/mol. The highest BCUT2D eigenvalue weighted by molar-refractivity contribution is 6.07. The third-order valence-electron chi connectivity index (χ3n) is 3.06. The predicted octanol–water partition coefficient (Wildman–Crippen LogP) is 3.63. The lowest BCUT2D eigenvalue weighted by molar-refractivity contribution is 0.104. The number of rotatable bonds is 6. The number of methoxy groups -OCH3 is 1. The molecule has 0 aromatic heterocycles. The number of nitriles is 1. The molecule has 23 heavy (non-hydrogen) atoms. The van der Waals surface area contributed by atoms with Crippen LogP contribution in [0.5, 0.6) is 11.5 Å². The van der Waals surface area contributed by atoms with Gasteiger partial charge in [-0.2, -0.15) is 5.26 Å². The molecule has 0 N–H and O–H groups in total. The lowest BCUT2D eigenvalue weighted by atomic mass is 10.1. The highest BCUT2D eigenvalue weighted by Gasteiger charge is 2.08. The second kappa shape index (κ2) is 7.76. The van der Waals surface area contributed by atoms with Crippen LogP contribution in [0.3, 0.4) is 0 Å². The van der Waals surface area contributed by atoms with Crippen molar-refractivity contribution in [3.05, 3.63) is 65.5 Å². The minimum absolute atomic E-state index is 0.0809. The Balaban J connectivity index is 2.18. The van der Waals surface area contributed by atoms with Gasteiger partial charge in [0.2, 0.25) is 0 Å². The van der Waals surface area contributed by atoms with E-state index in [-0.39, 0.29) is 23.7 Å². The van der Waals surface area contributed by atoms with Crippen LogP contribution in [0.1, 0.15) is 15.9 Å². The van der Waals surface area contributed by atoms with Gasteiger partial charge in [0.1, 0.15) is 11.8 Å². The molecular formula is C18H14FNO3. The van der Waals surface area contributed by atoms with Crippen molar-refractivity contribution in [2.24, 2.45) is 0 Å². The summed E-state index contributed by atoms with van der Waals surface area (Å²) in [5.74, 6) is -0.356. The summed E-state index contributed by atoms with van der Waals surface area (Å²) in [5, 5.41) is 8.56. The third-order valence-corrected chi connectivity index (χ3v) is 3.06. The standard InChI is InChI=1S/C18H14FNO3/c1-22-18-9-7-14(12-15(18)19)16(21)8-6-13-4-2-3-5-17(13)23-11-10-20/h2-9,12H,11H2,1H3/b8-6+. The first-order valence-electron chi connectivity index (χ1n) is 6.80. The van der Waals surface area contributed by atoms with E-state index in [9.17, 15) is 9.18 Å². The lowest BCUT2D eigenvalue weighted by Gasteiger charge is -2.05. The van der Waals surface area contributed by atoms with Crippen LogP contribution >= 0.6 is 0 Å². The van der Waals surface area contributed by atoms with Crippen molar-refractivity contribution in [3.8, 4) is 17.6 Å². The van der Waals surface area contributed by atoms with Crippen molar-refractivity contribution in [3.63, 3.8) is 0 Å². The summed E-state index contributed by atoms with van der Waals surface area (Å²) in [6.45, 7) is -0.0809. The molecule has 0 radical (unpaired) electrons. The molecule has 0 aliphatic rings. The number of hydrogen-bond donors (Lipinski definition) is 0. The van der Waals surface area contributed by atoms with Crippen LogP contribution in [0, 0.1) is 17.1 Å². The van der Waals surface area contributed by atoms with Gasteiger partial charge in [-0.15, -0.1) is 0 Å². The number of halogens is 1. The highest BCUT2D eigenvalue weighted by atomic mass is 19.1. The van der Waals surface area contributed by atoms with Crippen molar-refractivity contribution in [1.29, 1.82) is 5.26 Å². The van der Waals surface area contributed by atoms with Gasteiger partial charge in [-0.25, -0.2) is 4.39 Å². The average Bonchev–Trinajstić information content (AvgIpc) is 2.58. The first-order chi connectivity index (χ1) is 11.2. The fourth-order valence-corrected chi connectivity index (χ4v) is 1.94. The minimum atomic E-state index is -0.593. The van der Waals surface area contributed by atoms with Crippen molar-refractivity contribution < 1.29 is 18.7 Å². The second-order valence-corrected chi connectivity index (χ2v) is 4.53. The van der Waals surface area contributed by atoms with Gasteiger partial charge in [-0.3, -0.25) is 4.79 Å². The summed E-state index contributed by atoms with van der Waals surface area (Å²) in [6, 6.07) is 12.9. The van der Waals surface area contributed by atoms with E-state index < -0.39 is 5.82 Å². The van der Waals surface area contributed by atoms with E-state index in [0.717, 1.165) is 6.07 Å². The van der Waals surface area contributed by atoms with Gasteiger partial charge < -0.3 is 9.47 Å². The molecule has 5 heteroatoms. The number of nitrogens with zero attached hydrogens (tertiary/aromatic N) is 1. The quantitative estimate of drug-likeness (QED) is 0.604. The summed E-state index contributed by atoms with van der Waals surface area (Å²) in [5.41, 5.74) is 0.875. The van der Waals surface area contributed by atoms with Crippen LogP contribution in [0.4, 0.5) is 4.39 Å². The van der Waals surface area contributed by atoms with Crippen LogP contribution in [-0.4, -0.2) is 19.5 Å². The Morgan fingerprint density at radius 1 is 1.26 bits per heavy atom. The molecule has 0 heterocycles. The smallest absolute Gasteiger partial charge is 0.185 e. The molecule has 0 bridgehead atoms. The van der Waals surface area contributed by atoms with Crippen molar-refractivity contribution in [2.75, 3.05) is 13.7 Å². The molecule has 0 unspecified atom stereocenters. The predicted molar refractivity (Wildman–Crippen MR) is 83.9 cm³/mol. The van der Waals surface area contributed by atoms with Gasteiger partial charge >= 0.3 is 0 Å². The first kappa shape index (κ1) is 16.2. The Hall–Kier alpha value is -3.13. The Labute approximate surface area is 133 Å². The zero-order valence-electron chi connectivity index (χ0n) is 12.5. The van der Waals surface area contributed by atoms with E-state index in [1.807, 2.05) is 6.07 Å². The molecule has 0 saturated carbocycles. The van der Waals surface area contributed by atoms with Crippen molar-refractivity contribution in [1.82, 2.24) is 0 Å². The molecule has 2 rings (SSSR count). The molecule has 2 aromatic rings. The van der Waals surface area contributed by atoms with Crippen LogP contribution in [-0.2, 0) is 0 Å². The normalized spacial score (nSPS) is 10.3. The number of para-hydroxylation sites is 1. The maximum atomic E-state index is 13.6. The largest absolute Gasteiger partial charge is 0.494 e. The van der Waals surface area contributed by atoms with Crippen LogP contribution in [0.15, 0.2) is 48.5 Å². The summed E-state index contributed by atoms with van der Waals surface area (Å²) in [7, 11) is 1.36. The monoisotopic (exact) mass is 311 g/mol. The second-order valence-electron chi connectivity index (χ2n) is 4.53. The minimum Gasteiger partial charge on any atom is -0.494 e. The molecular weight excluding hydrogens is 297 g/mol. The number of benzene rings is 2. The zero-order valence-corrected chi connectivity index (χ0v) is 12.5. The number of allylic oxidation sites excluding steroid dienone is 1. The Morgan fingerprint density at radius 3 is 2.74 bits per heavy atom. The van der Waals surface area contributed by atoms with E-state index in [2.05, 4.69) is 0 Å². The summed E-state index contributed by atoms with van der Waals surface area (Å²) < 4.78 is 23.7. The molecule has 0 aliphatic heterocycles. The SMILES string of the molecule is COc1ccc(C(=O)/C=C/c2ccccc2OCC#N)cc1F. The Bertz CT molecular complexity index is 778. The molecule has 0 aliphatic carbocycles. The number of carbonyl (C=O) groups excluding carboxylic acids is 1. The summed E-state index contributed by atoms with van der Waals surface area (Å²) in [4.78, 5) is 12.1. The number of hydrogen-bond acceptors (Lipinski definition) is 4. The molecule has 2 aromatic carbocycles. The van der Waals surface area contributed by atoms with Crippen molar-refractivity contribution >= 4 is 11.9 Å². The maximum Gasteiger partial charge on any atom is 0.185 e. The molecule has 4 nitrogen and oxygen atoms in total. The molecule has 0 atom stereocenters. The fourth-order valence-electron chi connectivity index (χ4n) is 1.94. The molecule has 0 spiro atoms. The zero-order chi connectivity index (χ0) is 16.7. The molecule has 0 fully saturated rings. The number of carbonyl (C=O) groups is 1. The van der Waals surface area contributed by atoms with Crippen LogP contribution < -0.4 is 9.47 Å². The molecule has 0 saturated heterocycles. The Kier molecular flexibility index (Phi) is 5.48. The van der Waals surface area contributed by atoms with E-state index in [1.165, 1.54) is 25.3 Å². The first-order valence-corrected chi connectivity index (χ1v) is 6.80. The van der Waals surface area contributed by atoms with Gasteiger partial charge in [0.15, 0.2) is 24.0 Å². The fraction of sp³-hybridized carbons (Fsp3) is 0.111. The molecule has 0 amide bonds. The van der Waals surface area contributed by atoms with Gasteiger partial charge in [-0.05, 0) is 36.4 Å². The lowest BCUT2D eigenvalue weighted by Crippen LogP contribution is -1.98. The topological polar surface area (TPSA) is 59.3 Å². The van der Waals surface area contributed by atoms with E-state index >= 15 is 0 Å².